The Balaban J connectivity index is 2.39. The molecule has 1 amide bonds. The number of alkyl carbamates (subject to hydrolysis) is 1. The second-order valence-electron chi connectivity index (χ2n) is 4.85. The van der Waals surface area contributed by atoms with Crippen LogP contribution in [0.4, 0.5) is 4.79 Å². The maximum Gasteiger partial charge on any atom is 0.407 e. The minimum atomic E-state index is -0.448. The third-order valence-corrected chi connectivity index (χ3v) is 3.42. The van der Waals surface area contributed by atoms with Crippen molar-refractivity contribution in [2.75, 3.05) is 6.61 Å². The number of aromatic hydroxyl groups is 1. The zero-order chi connectivity index (χ0) is 12.6. The molecule has 1 heterocycles. The first kappa shape index (κ1) is 12.2. The predicted molar refractivity (Wildman–Crippen MR) is 66.8 cm³/mol. The van der Waals surface area contributed by atoms with E-state index < -0.39 is 6.09 Å². The van der Waals surface area contributed by atoms with Crippen LogP contribution in [0, 0.1) is 5.41 Å². The molecule has 2 N–H and O–H groups in total. The first-order valence-electron chi connectivity index (χ1n) is 5.32. The third-order valence-electron chi connectivity index (χ3n) is 2.92. The van der Waals surface area contributed by atoms with Gasteiger partial charge in [0, 0.05) is 15.5 Å². The molecule has 0 spiro atoms. The second-order valence-corrected chi connectivity index (χ2v) is 5.76. The van der Waals surface area contributed by atoms with E-state index in [-0.39, 0.29) is 17.2 Å². The summed E-state index contributed by atoms with van der Waals surface area (Å²) in [7, 11) is 0. The van der Waals surface area contributed by atoms with Crippen molar-refractivity contribution in [1.82, 2.24) is 5.32 Å². The van der Waals surface area contributed by atoms with Gasteiger partial charge in [0.2, 0.25) is 0 Å². The van der Waals surface area contributed by atoms with Crippen molar-refractivity contribution in [2.45, 2.75) is 19.9 Å². The zero-order valence-electron chi connectivity index (χ0n) is 9.66. The van der Waals surface area contributed by atoms with Gasteiger partial charge in [0.1, 0.15) is 12.4 Å². The lowest BCUT2D eigenvalue weighted by molar-refractivity contribution is 0.0381. The quantitative estimate of drug-likeness (QED) is 0.838. The van der Waals surface area contributed by atoms with E-state index in [1.807, 2.05) is 19.9 Å². The van der Waals surface area contributed by atoms with Crippen LogP contribution in [0.3, 0.4) is 0 Å². The Kier molecular flexibility index (Phi) is 3.03. The molecule has 0 bridgehead atoms. The number of phenolic OH excluding ortho intramolecular Hbond substituents is 1. The predicted octanol–water partition coefficient (Wildman–Crippen LogP) is 2.96. The number of carbonyl (C=O) groups excluding carboxylic acids is 1. The highest BCUT2D eigenvalue weighted by atomic mass is 79.9. The summed E-state index contributed by atoms with van der Waals surface area (Å²) >= 11 is 3.29. The summed E-state index contributed by atoms with van der Waals surface area (Å²) < 4.78 is 5.77. The molecule has 0 radical (unpaired) electrons. The molecule has 1 aliphatic rings. The van der Waals surface area contributed by atoms with Crippen LogP contribution in [-0.4, -0.2) is 17.8 Å². The SMILES string of the molecule is CC1(C)COC(=O)N[C@@H]1c1ccc(Br)cc1O. The normalized spacial score (nSPS) is 22.8. The molecule has 5 heteroatoms. The average molecular weight is 300 g/mol. The molecule has 1 aromatic rings. The van der Waals surface area contributed by atoms with Crippen molar-refractivity contribution in [3.05, 3.63) is 28.2 Å². The Bertz CT molecular complexity index is 459. The highest BCUT2D eigenvalue weighted by Gasteiger charge is 2.39. The Morgan fingerprint density at radius 3 is 2.88 bits per heavy atom. The van der Waals surface area contributed by atoms with Crippen molar-refractivity contribution in [1.29, 1.82) is 0 Å². The molecular weight excluding hydrogens is 286 g/mol. The number of ether oxygens (including phenoxy) is 1. The van der Waals surface area contributed by atoms with Gasteiger partial charge < -0.3 is 15.2 Å². The topological polar surface area (TPSA) is 58.6 Å². The number of benzene rings is 1. The summed E-state index contributed by atoms with van der Waals surface area (Å²) in [5.74, 6) is 0.166. The molecule has 1 fully saturated rings. The van der Waals surface area contributed by atoms with Crippen LogP contribution in [0.5, 0.6) is 5.75 Å². The summed E-state index contributed by atoms with van der Waals surface area (Å²) in [4.78, 5) is 11.3. The first-order valence-corrected chi connectivity index (χ1v) is 6.11. The monoisotopic (exact) mass is 299 g/mol. The molecule has 4 nitrogen and oxygen atoms in total. The maximum absolute atomic E-state index is 11.3. The maximum atomic E-state index is 11.3. The van der Waals surface area contributed by atoms with Crippen molar-refractivity contribution < 1.29 is 14.6 Å². The fraction of sp³-hybridized carbons (Fsp3) is 0.417. The third kappa shape index (κ3) is 2.39. The molecule has 2 rings (SSSR count). The van der Waals surface area contributed by atoms with Gasteiger partial charge in [-0.15, -0.1) is 0 Å². The number of carbonyl (C=O) groups is 1. The lowest BCUT2D eigenvalue weighted by Gasteiger charge is -2.38. The van der Waals surface area contributed by atoms with E-state index in [9.17, 15) is 9.90 Å². The molecule has 1 saturated heterocycles. The summed E-state index contributed by atoms with van der Waals surface area (Å²) in [5.41, 5.74) is 0.439. The Hall–Kier alpha value is -1.23. The van der Waals surface area contributed by atoms with Gasteiger partial charge in [-0.1, -0.05) is 35.8 Å². The van der Waals surface area contributed by atoms with Crippen LogP contribution in [-0.2, 0) is 4.74 Å². The minimum Gasteiger partial charge on any atom is -0.508 e. The number of cyclic esters (lactones) is 1. The molecule has 1 aliphatic heterocycles. The van der Waals surface area contributed by atoms with Gasteiger partial charge in [0.15, 0.2) is 0 Å². The van der Waals surface area contributed by atoms with Crippen molar-refractivity contribution in [3.63, 3.8) is 0 Å². The minimum absolute atomic E-state index is 0.166. The van der Waals surface area contributed by atoms with Crippen LogP contribution in [0.15, 0.2) is 22.7 Å². The van der Waals surface area contributed by atoms with E-state index in [0.717, 1.165) is 4.47 Å². The van der Waals surface area contributed by atoms with Crippen molar-refractivity contribution in [2.24, 2.45) is 5.41 Å². The zero-order valence-corrected chi connectivity index (χ0v) is 11.2. The Morgan fingerprint density at radius 1 is 1.53 bits per heavy atom. The lowest BCUT2D eigenvalue weighted by atomic mass is 9.80. The van der Waals surface area contributed by atoms with Crippen LogP contribution >= 0.6 is 15.9 Å². The van der Waals surface area contributed by atoms with E-state index in [1.165, 1.54) is 0 Å². The fourth-order valence-corrected chi connectivity index (χ4v) is 2.30. The van der Waals surface area contributed by atoms with E-state index in [2.05, 4.69) is 21.2 Å². The average Bonchev–Trinajstić information content (AvgIpc) is 2.23. The molecule has 0 aliphatic carbocycles. The van der Waals surface area contributed by atoms with E-state index in [4.69, 9.17) is 4.74 Å². The van der Waals surface area contributed by atoms with E-state index in [0.29, 0.717) is 12.2 Å². The molecule has 92 valence electrons. The fourth-order valence-electron chi connectivity index (χ4n) is 1.95. The van der Waals surface area contributed by atoms with E-state index >= 15 is 0 Å². The number of halogens is 1. The summed E-state index contributed by atoms with van der Waals surface area (Å²) in [6.07, 6.45) is -0.448. The second kappa shape index (κ2) is 4.22. The van der Waals surface area contributed by atoms with Crippen LogP contribution in [0.2, 0.25) is 0 Å². The molecule has 0 aromatic heterocycles. The lowest BCUT2D eigenvalue weighted by Crippen LogP contribution is -2.46. The van der Waals surface area contributed by atoms with E-state index in [1.54, 1.807) is 12.1 Å². The summed E-state index contributed by atoms with van der Waals surface area (Å²) in [6.45, 7) is 4.30. The molecular formula is C12H14BrNO3. The number of hydrogen-bond donors (Lipinski definition) is 2. The molecule has 0 saturated carbocycles. The summed E-state index contributed by atoms with van der Waals surface area (Å²) in [6, 6.07) is 5.01. The molecule has 1 atom stereocenters. The Morgan fingerprint density at radius 2 is 2.24 bits per heavy atom. The van der Waals surface area contributed by atoms with Gasteiger partial charge in [-0.05, 0) is 12.1 Å². The smallest absolute Gasteiger partial charge is 0.407 e. The molecule has 17 heavy (non-hydrogen) atoms. The molecule has 1 aromatic carbocycles. The van der Waals surface area contributed by atoms with Crippen molar-refractivity contribution in [3.8, 4) is 5.75 Å². The van der Waals surface area contributed by atoms with Crippen LogP contribution in [0.1, 0.15) is 25.5 Å². The summed E-state index contributed by atoms with van der Waals surface area (Å²) in [5, 5.41) is 12.7. The molecule has 0 unspecified atom stereocenters. The number of hydrogen-bond acceptors (Lipinski definition) is 3. The van der Waals surface area contributed by atoms with Gasteiger partial charge >= 0.3 is 6.09 Å². The largest absolute Gasteiger partial charge is 0.508 e. The van der Waals surface area contributed by atoms with Crippen LogP contribution in [0.25, 0.3) is 0 Å². The number of nitrogens with one attached hydrogen (secondary N) is 1. The number of phenols is 1. The van der Waals surface area contributed by atoms with Gasteiger partial charge in [0.05, 0.1) is 6.04 Å². The Labute approximate surface area is 108 Å². The number of amides is 1. The standard InChI is InChI=1S/C12H14BrNO3/c1-12(2)6-17-11(16)14-10(12)8-4-3-7(13)5-9(8)15/h3-5,10,15H,6H2,1-2H3,(H,14,16)/t10-/m1/s1. The number of rotatable bonds is 1. The highest BCUT2D eigenvalue weighted by molar-refractivity contribution is 9.10. The van der Waals surface area contributed by atoms with Crippen molar-refractivity contribution >= 4 is 22.0 Å². The van der Waals surface area contributed by atoms with Crippen LogP contribution < -0.4 is 5.32 Å². The van der Waals surface area contributed by atoms with Gasteiger partial charge in [-0.3, -0.25) is 0 Å². The van der Waals surface area contributed by atoms with Gasteiger partial charge in [0.25, 0.3) is 0 Å². The highest BCUT2D eigenvalue weighted by Crippen LogP contribution is 2.40. The van der Waals surface area contributed by atoms with Gasteiger partial charge in [-0.2, -0.15) is 0 Å². The van der Waals surface area contributed by atoms with Gasteiger partial charge in [-0.25, -0.2) is 4.79 Å². The first-order chi connectivity index (χ1) is 7.90.